The Bertz CT molecular complexity index is 516. The summed E-state index contributed by atoms with van der Waals surface area (Å²) >= 11 is 0. The summed E-state index contributed by atoms with van der Waals surface area (Å²) in [4.78, 5) is 0. The highest BCUT2D eigenvalue weighted by Gasteiger charge is 2.31. The lowest BCUT2D eigenvalue weighted by Crippen LogP contribution is -2.27. The molecule has 0 heterocycles. The van der Waals surface area contributed by atoms with Crippen LogP contribution in [0.4, 0.5) is 4.39 Å². The standard InChI is InChI=1S/C22H36FO2P/c1-2-6-18-13-19(20(23)22(26)21(18)24)25-14-15-9-11-17(12-10-15)16-7-4-3-5-8-16/h13,15-18,21,24H,2-12,14,26H2,1H3. The molecule has 3 atom stereocenters. The van der Waals surface area contributed by atoms with Crippen LogP contribution in [0, 0.1) is 23.7 Å². The van der Waals surface area contributed by atoms with E-state index in [0.29, 0.717) is 23.6 Å². The molecule has 3 aliphatic carbocycles. The van der Waals surface area contributed by atoms with Gasteiger partial charge in [0.15, 0.2) is 11.6 Å². The van der Waals surface area contributed by atoms with E-state index in [4.69, 9.17) is 4.74 Å². The molecule has 0 spiro atoms. The zero-order valence-electron chi connectivity index (χ0n) is 16.3. The van der Waals surface area contributed by atoms with E-state index in [9.17, 15) is 9.50 Å². The third kappa shape index (κ3) is 4.90. The van der Waals surface area contributed by atoms with E-state index >= 15 is 0 Å². The van der Waals surface area contributed by atoms with Crippen molar-refractivity contribution in [3.63, 3.8) is 0 Å². The SMILES string of the molecule is CCCC1C=C(OCC2CCC(C3CCCCC3)CC2)C(F)=C(P)C1O. The van der Waals surface area contributed by atoms with Crippen molar-refractivity contribution in [1.29, 1.82) is 0 Å². The van der Waals surface area contributed by atoms with Gasteiger partial charge in [0.2, 0.25) is 0 Å². The number of hydrogen-bond acceptors (Lipinski definition) is 2. The first kappa shape index (κ1) is 20.3. The number of aliphatic hydroxyl groups is 1. The van der Waals surface area contributed by atoms with Gasteiger partial charge in [-0.05, 0) is 55.9 Å². The molecule has 0 aliphatic heterocycles. The van der Waals surface area contributed by atoms with E-state index in [1.807, 2.05) is 6.08 Å². The summed E-state index contributed by atoms with van der Waals surface area (Å²) in [5.74, 6) is 2.36. The molecule has 3 aliphatic rings. The van der Waals surface area contributed by atoms with Crippen LogP contribution in [0.15, 0.2) is 23.0 Å². The Morgan fingerprint density at radius 2 is 1.73 bits per heavy atom. The monoisotopic (exact) mass is 382 g/mol. The molecule has 0 aromatic heterocycles. The molecule has 0 saturated heterocycles. The smallest absolute Gasteiger partial charge is 0.170 e. The molecule has 1 N–H and O–H groups in total. The molecule has 148 valence electrons. The Balaban J connectivity index is 1.49. The van der Waals surface area contributed by atoms with Gasteiger partial charge in [0.1, 0.15) is 0 Å². The van der Waals surface area contributed by atoms with Crippen molar-refractivity contribution >= 4 is 9.24 Å². The Labute approximate surface area is 160 Å². The molecule has 0 aromatic rings. The maximum Gasteiger partial charge on any atom is 0.170 e. The first-order chi connectivity index (χ1) is 12.6. The third-order valence-electron chi connectivity index (χ3n) is 6.86. The molecule has 4 heteroatoms. The summed E-state index contributed by atoms with van der Waals surface area (Å²) in [6.45, 7) is 2.70. The first-order valence-corrected chi connectivity index (χ1v) is 11.4. The van der Waals surface area contributed by atoms with Gasteiger partial charge in [-0.25, -0.2) is 4.39 Å². The molecule has 0 aromatic carbocycles. The molecule has 3 rings (SSSR count). The Kier molecular flexibility index (Phi) is 7.58. The lowest BCUT2D eigenvalue weighted by atomic mass is 9.71. The van der Waals surface area contributed by atoms with Crippen molar-refractivity contribution < 1.29 is 14.2 Å². The zero-order valence-corrected chi connectivity index (χ0v) is 17.4. The summed E-state index contributed by atoms with van der Waals surface area (Å²) < 4.78 is 20.4. The van der Waals surface area contributed by atoms with Gasteiger partial charge in [0.25, 0.3) is 0 Å². The van der Waals surface area contributed by atoms with Crippen LogP contribution in [-0.2, 0) is 4.74 Å². The minimum atomic E-state index is -0.738. The topological polar surface area (TPSA) is 29.5 Å². The van der Waals surface area contributed by atoms with Crippen LogP contribution in [0.2, 0.25) is 0 Å². The molecular weight excluding hydrogens is 346 g/mol. The predicted molar refractivity (Wildman–Crippen MR) is 108 cm³/mol. The zero-order chi connectivity index (χ0) is 18.5. The van der Waals surface area contributed by atoms with Crippen LogP contribution in [0.25, 0.3) is 0 Å². The summed E-state index contributed by atoms with van der Waals surface area (Å²) in [6.07, 6.45) is 15.1. The van der Waals surface area contributed by atoms with Crippen LogP contribution < -0.4 is 0 Å². The fraction of sp³-hybridized carbons (Fsp3) is 0.818. The Morgan fingerprint density at radius 1 is 1.08 bits per heavy atom. The summed E-state index contributed by atoms with van der Waals surface area (Å²) in [6, 6.07) is 0. The average Bonchev–Trinajstić information content (AvgIpc) is 2.69. The second kappa shape index (κ2) is 9.69. The average molecular weight is 383 g/mol. The van der Waals surface area contributed by atoms with Crippen LogP contribution >= 0.6 is 9.24 Å². The number of aliphatic hydroxyl groups excluding tert-OH is 1. The van der Waals surface area contributed by atoms with Crippen molar-refractivity contribution in [3.05, 3.63) is 23.0 Å². The lowest BCUT2D eigenvalue weighted by molar-refractivity contribution is 0.0965. The van der Waals surface area contributed by atoms with E-state index in [-0.39, 0.29) is 11.7 Å². The van der Waals surface area contributed by atoms with Crippen LogP contribution in [0.5, 0.6) is 0 Å². The van der Waals surface area contributed by atoms with Crippen LogP contribution in [0.3, 0.4) is 0 Å². The molecule has 2 nitrogen and oxygen atoms in total. The van der Waals surface area contributed by atoms with Crippen LogP contribution in [0.1, 0.15) is 77.6 Å². The molecule has 2 fully saturated rings. The van der Waals surface area contributed by atoms with Gasteiger partial charge < -0.3 is 9.84 Å². The van der Waals surface area contributed by atoms with Crippen molar-refractivity contribution in [2.45, 2.75) is 83.7 Å². The largest absolute Gasteiger partial charge is 0.491 e. The van der Waals surface area contributed by atoms with Gasteiger partial charge in [0, 0.05) is 11.2 Å². The van der Waals surface area contributed by atoms with Gasteiger partial charge in [0.05, 0.1) is 12.7 Å². The minimum absolute atomic E-state index is 0.0379. The van der Waals surface area contributed by atoms with Gasteiger partial charge in [-0.3, -0.25) is 0 Å². The van der Waals surface area contributed by atoms with E-state index in [1.165, 1.54) is 57.8 Å². The number of halogens is 1. The highest BCUT2D eigenvalue weighted by molar-refractivity contribution is 7.22. The number of hydrogen-bond donors (Lipinski definition) is 1. The van der Waals surface area contributed by atoms with E-state index < -0.39 is 6.10 Å². The molecule has 0 radical (unpaired) electrons. The quantitative estimate of drug-likeness (QED) is 0.561. The summed E-state index contributed by atoms with van der Waals surface area (Å²) in [7, 11) is 2.37. The second-order valence-corrected chi connectivity index (χ2v) is 9.31. The van der Waals surface area contributed by atoms with Gasteiger partial charge in [-0.2, -0.15) is 0 Å². The fourth-order valence-corrected chi connectivity index (χ4v) is 5.58. The van der Waals surface area contributed by atoms with Crippen molar-refractivity contribution in [3.8, 4) is 0 Å². The Morgan fingerprint density at radius 3 is 2.38 bits per heavy atom. The molecule has 0 bridgehead atoms. The maximum atomic E-state index is 14.5. The van der Waals surface area contributed by atoms with Crippen molar-refractivity contribution in [2.24, 2.45) is 23.7 Å². The molecular formula is C22H36FO2P. The van der Waals surface area contributed by atoms with Gasteiger partial charge in [-0.15, -0.1) is 9.24 Å². The third-order valence-corrected chi connectivity index (χ3v) is 7.46. The molecule has 0 amide bonds. The van der Waals surface area contributed by atoms with Crippen molar-refractivity contribution in [1.82, 2.24) is 0 Å². The number of allylic oxidation sites excluding steroid dienone is 1. The molecule has 2 saturated carbocycles. The van der Waals surface area contributed by atoms with Crippen LogP contribution in [-0.4, -0.2) is 17.8 Å². The second-order valence-electron chi connectivity index (χ2n) is 8.69. The number of rotatable bonds is 6. The molecule has 3 unspecified atom stereocenters. The minimum Gasteiger partial charge on any atom is -0.491 e. The first-order valence-electron chi connectivity index (χ1n) is 10.8. The highest BCUT2D eigenvalue weighted by atomic mass is 31.0. The number of ether oxygens (including phenoxy) is 1. The highest BCUT2D eigenvalue weighted by Crippen LogP contribution is 2.41. The molecule has 26 heavy (non-hydrogen) atoms. The summed E-state index contributed by atoms with van der Waals surface area (Å²) in [5.41, 5.74) is 0. The van der Waals surface area contributed by atoms with E-state index in [2.05, 4.69) is 16.2 Å². The van der Waals surface area contributed by atoms with Gasteiger partial charge >= 0.3 is 0 Å². The van der Waals surface area contributed by atoms with E-state index in [1.54, 1.807) is 0 Å². The summed E-state index contributed by atoms with van der Waals surface area (Å²) in [5, 5.41) is 10.6. The Hall–Kier alpha value is -0.400. The van der Waals surface area contributed by atoms with E-state index in [0.717, 1.165) is 24.7 Å². The normalized spacial score (nSPS) is 33.9. The predicted octanol–water partition coefficient (Wildman–Crippen LogP) is 6.12. The van der Waals surface area contributed by atoms with Gasteiger partial charge in [-0.1, -0.05) is 45.4 Å². The fourth-order valence-electron chi connectivity index (χ4n) is 5.19. The maximum absolute atomic E-state index is 14.5. The van der Waals surface area contributed by atoms with Crippen molar-refractivity contribution in [2.75, 3.05) is 6.61 Å². The lowest BCUT2D eigenvalue weighted by Gasteiger charge is -2.36.